The van der Waals surface area contributed by atoms with Crippen molar-refractivity contribution in [2.24, 2.45) is 0 Å². The van der Waals surface area contributed by atoms with Crippen LogP contribution in [0.3, 0.4) is 0 Å². The van der Waals surface area contributed by atoms with Gasteiger partial charge in [0, 0.05) is 30.1 Å². The van der Waals surface area contributed by atoms with E-state index in [9.17, 15) is 9.59 Å². The summed E-state index contributed by atoms with van der Waals surface area (Å²) in [5.41, 5.74) is 2.72. The Morgan fingerprint density at radius 3 is 1.90 bits per heavy atom. The molecule has 6 heteroatoms. The topological polar surface area (TPSA) is 49.4 Å². The lowest BCUT2D eigenvalue weighted by atomic mass is 10.0. The molecule has 3 aromatic carbocycles. The van der Waals surface area contributed by atoms with Gasteiger partial charge in [0.2, 0.25) is 11.8 Å². The van der Waals surface area contributed by atoms with Crippen LogP contribution >= 0.6 is 23.2 Å². The predicted molar refractivity (Wildman–Crippen MR) is 125 cm³/mol. The predicted octanol–water partition coefficient (Wildman–Crippen LogP) is 4.92. The number of amides is 2. The van der Waals surface area contributed by atoms with E-state index in [0.717, 1.165) is 16.7 Å². The lowest BCUT2D eigenvalue weighted by molar-refractivity contribution is -0.140. The van der Waals surface area contributed by atoms with E-state index < -0.39 is 6.04 Å². The van der Waals surface area contributed by atoms with E-state index in [1.807, 2.05) is 54.6 Å². The number of nitrogens with zero attached hydrogens (tertiary/aromatic N) is 1. The highest BCUT2D eigenvalue weighted by molar-refractivity contribution is 6.30. The van der Waals surface area contributed by atoms with Crippen molar-refractivity contribution in [2.45, 2.75) is 25.4 Å². The second kappa shape index (κ2) is 11.0. The molecule has 0 spiro atoms. The van der Waals surface area contributed by atoms with Crippen LogP contribution in [0.5, 0.6) is 0 Å². The van der Waals surface area contributed by atoms with Gasteiger partial charge in [0.1, 0.15) is 6.04 Å². The third-order valence-electron chi connectivity index (χ3n) is 5.05. The summed E-state index contributed by atoms with van der Waals surface area (Å²) in [5.74, 6) is -0.343. The summed E-state index contributed by atoms with van der Waals surface area (Å²) in [5, 5.41) is 3.95. The number of carbonyl (C=O) groups is 2. The summed E-state index contributed by atoms with van der Waals surface area (Å²) < 4.78 is 0. The number of hydrogen-bond acceptors (Lipinski definition) is 2. The largest absolute Gasteiger partial charge is 0.357 e. The molecule has 0 heterocycles. The van der Waals surface area contributed by atoms with Gasteiger partial charge >= 0.3 is 0 Å². The number of halogens is 2. The normalized spacial score (nSPS) is 11.6. The zero-order valence-corrected chi connectivity index (χ0v) is 18.7. The first-order chi connectivity index (χ1) is 15.0. The highest BCUT2D eigenvalue weighted by Crippen LogP contribution is 2.18. The van der Waals surface area contributed by atoms with Gasteiger partial charge in [0.15, 0.2) is 0 Å². The number of benzene rings is 3. The molecular weight excluding hydrogens is 431 g/mol. The summed E-state index contributed by atoms with van der Waals surface area (Å²) in [6, 6.07) is 23.5. The molecule has 4 nitrogen and oxygen atoms in total. The molecule has 0 aliphatic rings. The summed E-state index contributed by atoms with van der Waals surface area (Å²) >= 11 is 12.0. The zero-order valence-electron chi connectivity index (χ0n) is 17.2. The minimum atomic E-state index is -0.650. The Labute approximate surface area is 192 Å². The first-order valence-corrected chi connectivity index (χ1v) is 10.8. The second-order valence-electron chi connectivity index (χ2n) is 7.27. The molecule has 160 valence electrons. The van der Waals surface area contributed by atoms with Gasteiger partial charge < -0.3 is 10.2 Å². The standard InChI is InChI=1S/C25H24Cl2N2O2/c1-28-25(31)23(15-18-5-3-2-4-6-18)29(17-20-9-13-22(27)14-10-20)24(30)16-19-7-11-21(26)12-8-19/h2-14,23H,15-17H2,1H3,(H,28,31)/t23-/m1/s1. The third-order valence-corrected chi connectivity index (χ3v) is 5.56. The Balaban J connectivity index is 1.92. The summed E-state index contributed by atoms with van der Waals surface area (Å²) in [7, 11) is 1.59. The molecule has 0 aliphatic heterocycles. The maximum atomic E-state index is 13.4. The lowest BCUT2D eigenvalue weighted by Crippen LogP contribution is -2.50. The molecule has 2 amide bonds. The molecule has 1 atom stereocenters. The number of carbonyl (C=O) groups excluding carboxylic acids is 2. The molecule has 0 aliphatic carbocycles. The van der Waals surface area contributed by atoms with Crippen LogP contribution in [-0.4, -0.2) is 29.8 Å². The van der Waals surface area contributed by atoms with Gasteiger partial charge in [-0.1, -0.05) is 77.8 Å². The quantitative estimate of drug-likeness (QED) is 0.524. The van der Waals surface area contributed by atoms with Crippen LogP contribution in [0, 0.1) is 0 Å². The average Bonchev–Trinajstić information content (AvgIpc) is 2.79. The molecular formula is C25H24Cl2N2O2. The summed E-state index contributed by atoms with van der Waals surface area (Å²) in [4.78, 5) is 27.9. The van der Waals surface area contributed by atoms with Gasteiger partial charge in [0.05, 0.1) is 6.42 Å². The van der Waals surface area contributed by atoms with Crippen LogP contribution in [0.1, 0.15) is 16.7 Å². The minimum absolute atomic E-state index is 0.137. The maximum Gasteiger partial charge on any atom is 0.242 e. The second-order valence-corrected chi connectivity index (χ2v) is 8.14. The average molecular weight is 455 g/mol. The Kier molecular flexibility index (Phi) is 8.10. The Morgan fingerprint density at radius 1 is 0.806 bits per heavy atom. The Bertz CT molecular complexity index is 1010. The fourth-order valence-corrected chi connectivity index (χ4v) is 3.64. The van der Waals surface area contributed by atoms with Crippen LogP contribution in [0.2, 0.25) is 10.0 Å². The number of nitrogens with one attached hydrogen (secondary N) is 1. The van der Waals surface area contributed by atoms with Crippen molar-refractivity contribution in [3.8, 4) is 0 Å². The van der Waals surface area contributed by atoms with Crippen LogP contribution in [-0.2, 0) is 29.0 Å². The van der Waals surface area contributed by atoms with Crippen molar-refractivity contribution in [1.82, 2.24) is 10.2 Å². The van der Waals surface area contributed by atoms with Crippen molar-refractivity contribution >= 4 is 35.0 Å². The van der Waals surface area contributed by atoms with E-state index in [1.54, 1.807) is 36.2 Å². The third kappa shape index (κ3) is 6.58. The molecule has 0 fully saturated rings. The van der Waals surface area contributed by atoms with Gasteiger partial charge in [-0.05, 0) is 41.0 Å². The van der Waals surface area contributed by atoms with E-state index in [2.05, 4.69) is 5.32 Å². The van der Waals surface area contributed by atoms with Crippen LogP contribution < -0.4 is 5.32 Å². The van der Waals surface area contributed by atoms with Crippen molar-refractivity contribution in [3.05, 3.63) is 106 Å². The minimum Gasteiger partial charge on any atom is -0.357 e. The molecule has 3 rings (SSSR count). The van der Waals surface area contributed by atoms with Gasteiger partial charge in [-0.2, -0.15) is 0 Å². The van der Waals surface area contributed by atoms with Crippen molar-refractivity contribution in [1.29, 1.82) is 0 Å². The van der Waals surface area contributed by atoms with Gasteiger partial charge in [-0.3, -0.25) is 9.59 Å². The van der Waals surface area contributed by atoms with Gasteiger partial charge in [-0.25, -0.2) is 0 Å². The van der Waals surface area contributed by atoms with Crippen LogP contribution in [0.15, 0.2) is 78.9 Å². The maximum absolute atomic E-state index is 13.4. The Hall–Kier alpha value is -2.82. The van der Waals surface area contributed by atoms with E-state index in [0.29, 0.717) is 23.0 Å². The van der Waals surface area contributed by atoms with Crippen LogP contribution in [0.25, 0.3) is 0 Å². The molecule has 0 radical (unpaired) electrons. The van der Waals surface area contributed by atoms with Crippen LogP contribution in [0.4, 0.5) is 0 Å². The SMILES string of the molecule is CNC(=O)[C@@H](Cc1ccccc1)N(Cc1ccc(Cl)cc1)C(=O)Cc1ccc(Cl)cc1. The summed E-state index contributed by atoms with van der Waals surface area (Å²) in [6.07, 6.45) is 0.591. The van der Waals surface area contributed by atoms with Gasteiger partial charge in [0.25, 0.3) is 0 Å². The fraction of sp³-hybridized carbons (Fsp3) is 0.200. The number of rotatable bonds is 8. The highest BCUT2D eigenvalue weighted by atomic mass is 35.5. The zero-order chi connectivity index (χ0) is 22.2. The Morgan fingerprint density at radius 2 is 1.35 bits per heavy atom. The molecule has 0 saturated carbocycles. The molecule has 0 aromatic heterocycles. The van der Waals surface area contributed by atoms with E-state index in [1.165, 1.54) is 0 Å². The lowest BCUT2D eigenvalue weighted by Gasteiger charge is -2.31. The summed E-state index contributed by atoms with van der Waals surface area (Å²) in [6.45, 7) is 0.300. The number of hydrogen-bond donors (Lipinski definition) is 1. The van der Waals surface area contributed by atoms with E-state index >= 15 is 0 Å². The highest BCUT2D eigenvalue weighted by Gasteiger charge is 2.29. The van der Waals surface area contributed by atoms with Crippen molar-refractivity contribution < 1.29 is 9.59 Å². The molecule has 0 unspecified atom stereocenters. The first-order valence-electron chi connectivity index (χ1n) is 10.00. The monoisotopic (exact) mass is 454 g/mol. The molecule has 3 aromatic rings. The van der Waals surface area contributed by atoms with Gasteiger partial charge in [-0.15, -0.1) is 0 Å². The van der Waals surface area contributed by atoms with E-state index in [4.69, 9.17) is 23.2 Å². The molecule has 0 saturated heterocycles. The first kappa shape index (κ1) is 22.9. The molecule has 0 bridgehead atoms. The van der Waals surface area contributed by atoms with E-state index in [-0.39, 0.29) is 18.2 Å². The smallest absolute Gasteiger partial charge is 0.242 e. The molecule has 31 heavy (non-hydrogen) atoms. The van der Waals surface area contributed by atoms with Crippen molar-refractivity contribution in [3.63, 3.8) is 0 Å². The fourth-order valence-electron chi connectivity index (χ4n) is 3.39. The van der Waals surface area contributed by atoms with Crippen molar-refractivity contribution in [2.75, 3.05) is 7.05 Å². The number of likely N-dealkylation sites (N-methyl/N-ethyl adjacent to an activating group) is 1. The molecule has 1 N–H and O–H groups in total.